The van der Waals surface area contributed by atoms with Crippen LogP contribution in [0.15, 0.2) is 42.5 Å². The van der Waals surface area contributed by atoms with Gasteiger partial charge in [0.2, 0.25) is 5.91 Å². The Morgan fingerprint density at radius 1 is 1.15 bits per heavy atom. The molecule has 1 N–H and O–H groups in total. The van der Waals surface area contributed by atoms with E-state index in [1.807, 2.05) is 13.8 Å². The molecule has 2 aromatic carbocycles. The van der Waals surface area contributed by atoms with Gasteiger partial charge < -0.3 is 15.0 Å². The molecule has 2 amide bonds. The summed E-state index contributed by atoms with van der Waals surface area (Å²) < 4.78 is 19.1. The lowest BCUT2D eigenvalue weighted by atomic mass is 9.95. The molecule has 2 aromatic rings. The van der Waals surface area contributed by atoms with Gasteiger partial charge in [-0.15, -0.1) is 0 Å². The molecule has 7 heteroatoms. The maximum atomic E-state index is 13.4. The number of benzene rings is 2. The number of ether oxygens (including phenoxy) is 1. The van der Waals surface area contributed by atoms with Crippen LogP contribution in [0.5, 0.6) is 5.75 Å². The van der Waals surface area contributed by atoms with E-state index in [9.17, 15) is 14.0 Å². The molecule has 0 aliphatic heterocycles. The molecular weight excluding hydrogens is 443 g/mol. The zero-order valence-corrected chi connectivity index (χ0v) is 20.0. The summed E-state index contributed by atoms with van der Waals surface area (Å²) in [6.45, 7) is 3.73. The summed E-state index contributed by atoms with van der Waals surface area (Å²) in [5.41, 5.74) is 1.60. The van der Waals surface area contributed by atoms with Gasteiger partial charge in [-0.05, 0) is 67.6 Å². The largest absolute Gasteiger partial charge is 0.484 e. The van der Waals surface area contributed by atoms with Crippen LogP contribution in [-0.2, 0) is 16.1 Å². The fourth-order valence-corrected chi connectivity index (χ4v) is 4.30. The van der Waals surface area contributed by atoms with Crippen LogP contribution in [0, 0.1) is 12.7 Å². The number of carbonyl (C=O) groups excluding carboxylic acids is 2. The fraction of sp³-hybridized carbons (Fsp3) is 0.462. The van der Waals surface area contributed by atoms with Crippen LogP contribution >= 0.6 is 11.6 Å². The lowest BCUT2D eigenvalue weighted by Crippen LogP contribution is -2.52. The zero-order chi connectivity index (χ0) is 23.8. The van der Waals surface area contributed by atoms with E-state index in [-0.39, 0.29) is 36.8 Å². The van der Waals surface area contributed by atoms with Gasteiger partial charge in [0.25, 0.3) is 5.91 Å². The number of amides is 2. The van der Waals surface area contributed by atoms with E-state index in [1.54, 1.807) is 30.3 Å². The summed E-state index contributed by atoms with van der Waals surface area (Å²) in [6, 6.07) is 10.7. The first kappa shape index (κ1) is 25.0. The van der Waals surface area contributed by atoms with Gasteiger partial charge in [0.15, 0.2) is 6.61 Å². The molecule has 0 radical (unpaired) electrons. The third-order valence-electron chi connectivity index (χ3n) is 6.10. The monoisotopic (exact) mass is 474 g/mol. The van der Waals surface area contributed by atoms with Gasteiger partial charge in [0.05, 0.1) is 0 Å². The van der Waals surface area contributed by atoms with Crippen LogP contribution in [0.25, 0.3) is 0 Å². The number of nitrogens with zero attached hydrogens (tertiary/aromatic N) is 1. The highest BCUT2D eigenvalue weighted by molar-refractivity contribution is 6.31. The number of rotatable bonds is 9. The van der Waals surface area contributed by atoms with E-state index in [2.05, 4.69) is 5.32 Å². The molecule has 1 aliphatic rings. The number of hydrogen-bond donors (Lipinski definition) is 1. The molecule has 5 nitrogen and oxygen atoms in total. The molecule has 0 aromatic heterocycles. The summed E-state index contributed by atoms with van der Waals surface area (Å²) in [5, 5.41) is 3.76. The highest BCUT2D eigenvalue weighted by atomic mass is 35.5. The van der Waals surface area contributed by atoms with Crippen LogP contribution < -0.4 is 10.1 Å². The maximum Gasteiger partial charge on any atom is 0.261 e. The molecular formula is C26H32ClFN2O3. The average Bonchev–Trinajstić information content (AvgIpc) is 2.81. The second-order valence-electron chi connectivity index (χ2n) is 8.62. The lowest BCUT2D eigenvalue weighted by molar-refractivity contribution is -0.143. The van der Waals surface area contributed by atoms with Crippen molar-refractivity contribution in [1.29, 1.82) is 0 Å². The zero-order valence-electron chi connectivity index (χ0n) is 19.3. The molecule has 33 heavy (non-hydrogen) atoms. The summed E-state index contributed by atoms with van der Waals surface area (Å²) in [6.07, 6.45) is 5.80. The molecule has 0 heterocycles. The number of halogens is 2. The van der Waals surface area contributed by atoms with Gasteiger partial charge in [-0.1, -0.05) is 49.9 Å². The van der Waals surface area contributed by atoms with E-state index in [1.165, 1.54) is 23.5 Å². The van der Waals surface area contributed by atoms with Crippen molar-refractivity contribution in [2.24, 2.45) is 0 Å². The first-order valence-electron chi connectivity index (χ1n) is 11.6. The van der Waals surface area contributed by atoms with E-state index >= 15 is 0 Å². The van der Waals surface area contributed by atoms with Gasteiger partial charge >= 0.3 is 0 Å². The summed E-state index contributed by atoms with van der Waals surface area (Å²) in [5.74, 6) is -0.272. The predicted octanol–water partition coefficient (Wildman–Crippen LogP) is 5.42. The van der Waals surface area contributed by atoms with E-state index in [0.29, 0.717) is 17.2 Å². The van der Waals surface area contributed by atoms with Gasteiger partial charge in [0, 0.05) is 17.6 Å². The van der Waals surface area contributed by atoms with E-state index in [0.717, 1.165) is 36.8 Å². The number of nitrogens with one attached hydrogen (secondary N) is 1. The summed E-state index contributed by atoms with van der Waals surface area (Å²) >= 11 is 6.07. The van der Waals surface area contributed by atoms with Crippen molar-refractivity contribution < 1.29 is 18.7 Å². The maximum absolute atomic E-state index is 13.4. The molecule has 1 saturated carbocycles. The van der Waals surface area contributed by atoms with Gasteiger partial charge in [-0.25, -0.2) is 4.39 Å². The van der Waals surface area contributed by atoms with Crippen molar-refractivity contribution in [2.75, 3.05) is 6.61 Å². The minimum atomic E-state index is -0.639. The Labute approximate surface area is 200 Å². The molecule has 178 valence electrons. The van der Waals surface area contributed by atoms with Crippen molar-refractivity contribution in [3.8, 4) is 5.75 Å². The smallest absolute Gasteiger partial charge is 0.261 e. The van der Waals surface area contributed by atoms with Crippen LogP contribution in [0.2, 0.25) is 5.02 Å². The number of carbonyl (C=O) groups is 2. The first-order valence-corrected chi connectivity index (χ1v) is 12.0. The molecule has 0 saturated heterocycles. The molecule has 1 fully saturated rings. The van der Waals surface area contributed by atoms with Crippen LogP contribution in [0.4, 0.5) is 4.39 Å². The minimum absolute atomic E-state index is 0.149. The van der Waals surface area contributed by atoms with E-state index < -0.39 is 6.04 Å². The molecule has 3 rings (SSSR count). The van der Waals surface area contributed by atoms with E-state index in [4.69, 9.17) is 16.3 Å². The Kier molecular flexibility index (Phi) is 9.12. The quantitative estimate of drug-likeness (QED) is 0.527. The Balaban J connectivity index is 1.75. The molecule has 0 spiro atoms. The molecule has 1 aliphatic carbocycles. The Morgan fingerprint density at radius 2 is 1.85 bits per heavy atom. The van der Waals surface area contributed by atoms with Gasteiger partial charge in [0.1, 0.15) is 17.6 Å². The summed E-state index contributed by atoms with van der Waals surface area (Å²) in [4.78, 5) is 28.0. The van der Waals surface area contributed by atoms with Crippen LogP contribution in [-0.4, -0.2) is 35.4 Å². The van der Waals surface area contributed by atoms with Crippen molar-refractivity contribution >= 4 is 23.4 Å². The second-order valence-corrected chi connectivity index (χ2v) is 9.02. The Bertz CT molecular complexity index is 945. The van der Waals surface area contributed by atoms with Crippen molar-refractivity contribution in [1.82, 2.24) is 10.2 Å². The third-order valence-corrected chi connectivity index (χ3v) is 6.52. The lowest BCUT2D eigenvalue weighted by Gasteiger charge is -2.32. The average molecular weight is 475 g/mol. The number of hydrogen-bond acceptors (Lipinski definition) is 3. The highest BCUT2D eigenvalue weighted by Crippen LogP contribution is 2.22. The molecule has 0 unspecified atom stereocenters. The van der Waals surface area contributed by atoms with Crippen molar-refractivity contribution in [2.45, 2.75) is 71.0 Å². The number of aryl methyl sites for hydroxylation is 1. The Morgan fingerprint density at radius 3 is 2.48 bits per heavy atom. The predicted molar refractivity (Wildman–Crippen MR) is 128 cm³/mol. The summed E-state index contributed by atoms with van der Waals surface area (Å²) in [7, 11) is 0. The SMILES string of the molecule is CC[C@H](C(=O)NC1CCCCC1)N(Cc1ccc(F)cc1)C(=O)COc1ccc(Cl)c(C)c1. The van der Waals surface area contributed by atoms with Crippen LogP contribution in [0.1, 0.15) is 56.6 Å². The topological polar surface area (TPSA) is 58.6 Å². The molecule has 1 atom stereocenters. The van der Waals surface area contributed by atoms with Crippen molar-refractivity contribution in [3.63, 3.8) is 0 Å². The van der Waals surface area contributed by atoms with Crippen LogP contribution in [0.3, 0.4) is 0 Å². The minimum Gasteiger partial charge on any atom is -0.484 e. The van der Waals surface area contributed by atoms with Crippen molar-refractivity contribution in [3.05, 3.63) is 64.4 Å². The highest BCUT2D eigenvalue weighted by Gasteiger charge is 2.30. The molecule has 0 bridgehead atoms. The van der Waals surface area contributed by atoms with Gasteiger partial charge in [-0.2, -0.15) is 0 Å². The fourth-order valence-electron chi connectivity index (χ4n) is 4.19. The first-order chi connectivity index (χ1) is 15.9. The normalized spacial score (nSPS) is 15.0. The second kappa shape index (κ2) is 12.0. The third kappa shape index (κ3) is 7.19. The Hall–Kier alpha value is -2.60. The standard InChI is InChI=1S/C26H32ClFN2O3/c1-3-24(26(32)29-21-7-5-4-6-8-21)30(16-19-9-11-20(28)12-10-19)25(31)17-33-22-13-14-23(27)18(2)15-22/h9-15,21,24H,3-8,16-17H2,1-2H3,(H,29,32)/t24-/m1/s1. The van der Waals surface area contributed by atoms with Gasteiger partial charge in [-0.3, -0.25) is 9.59 Å².